The number of methoxy groups -OCH3 is 1. The molecule has 1 nitrogen and oxygen atoms in total. The molecule has 1 unspecified atom stereocenters. The molecule has 3 heteroatoms. The van der Waals surface area contributed by atoms with Crippen LogP contribution < -0.4 is 4.74 Å². The molecule has 1 aromatic carbocycles. The largest absolute Gasteiger partial charge is 0.496 e. The number of rotatable bonds is 4. The van der Waals surface area contributed by atoms with E-state index in [-0.39, 0.29) is 10.8 Å². The Hall–Kier alpha value is -0.400. The van der Waals surface area contributed by atoms with Crippen molar-refractivity contribution in [3.8, 4) is 5.75 Å². The van der Waals surface area contributed by atoms with Crippen molar-refractivity contribution in [2.45, 2.75) is 32.6 Å². The van der Waals surface area contributed by atoms with E-state index in [1.54, 1.807) is 7.11 Å². The first kappa shape index (κ1) is 13.7. The zero-order chi connectivity index (χ0) is 12.3. The van der Waals surface area contributed by atoms with Gasteiger partial charge in [-0.05, 0) is 30.0 Å². The molecule has 0 radical (unpaired) electrons. The van der Waals surface area contributed by atoms with E-state index in [9.17, 15) is 0 Å². The van der Waals surface area contributed by atoms with Crippen molar-refractivity contribution in [1.29, 1.82) is 0 Å². The maximum absolute atomic E-state index is 6.52. The zero-order valence-electron chi connectivity index (χ0n) is 10.2. The minimum Gasteiger partial charge on any atom is -0.496 e. The van der Waals surface area contributed by atoms with Gasteiger partial charge in [0.15, 0.2) is 0 Å². The molecule has 0 heterocycles. The quantitative estimate of drug-likeness (QED) is 0.688. The first-order chi connectivity index (χ1) is 7.42. The summed E-state index contributed by atoms with van der Waals surface area (Å²) in [7, 11) is 1.65. The molecule has 0 amide bonds. The van der Waals surface area contributed by atoms with Crippen LogP contribution in [-0.2, 0) is 0 Å². The third-order valence-electron chi connectivity index (χ3n) is 3.06. The summed E-state index contributed by atoms with van der Waals surface area (Å²) >= 11 is 12.5. The molecular formula is C13H18Cl2O. The Morgan fingerprint density at radius 3 is 2.50 bits per heavy atom. The molecule has 1 aromatic rings. The fourth-order valence-electron chi connectivity index (χ4n) is 1.50. The minimum absolute atomic E-state index is 0.0134. The van der Waals surface area contributed by atoms with E-state index in [0.717, 1.165) is 17.7 Å². The fourth-order valence-corrected chi connectivity index (χ4v) is 2.01. The smallest absolute Gasteiger partial charge is 0.123 e. The molecule has 0 bridgehead atoms. The highest BCUT2D eigenvalue weighted by atomic mass is 35.5. The second-order valence-electron chi connectivity index (χ2n) is 4.59. The predicted molar refractivity (Wildman–Crippen MR) is 70.7 cm³/mol. The van der Waals surface area contributed by atoms with Gasteiger partial charge in [0.2, 0.25) is 0 Å². The van der Waals surface area contributed by atoms with Crippen LogP contribution in [0, 0.1) is 5.41 Å². The van der Waals surface area contributed by atoms with Crippen LogP contribution in [0.1, 0.15) is 38.1 Å². The molecule has 0 N–H and O–H groups in total. The van der Waals surface area contributed by atoms with Gasteiger partial charge in [0, 0.05) is 10.6 Å². The van der Waals surface area contributed by atoms with Crippen LogP contribution in [0.4, 0.5) is 0 Å². The number of alkyl halides is 1. The predicted octanol–water partition coefficient (Wildman–Crippen LogP) is 5.06. The van der Waals surface area contributed by atoms with Crippen LogP contribution in [0.2, 0.25) is 5.02 Å². The average Bonchev–Trinajstić information content (AvgIpc) is 2.28. The molecule has 1 atom stereocenters. The summed E-state index contributed by atoms with van der Waals surface area (Å²) in [6, 6.07) is 5.56. The van der Waals surface area contributed by atoms with E-state index in [1.807, 2.05) is 18.2 Å². The molecule has 0 saturated heterocycles. The third-order valence-corrected chi connectivity index (χ3v) is 4.12. The van der Waals surface area contributed by atoms with Crippen LogP contribution in [0.25, 0.3) is 0 Å². The lowest BCUT2D eigenvalue weighted by molar-refractivity contribution is 0.326. The molecule has 0 spiro atoms. The summed E-state index contributed by atoms with van der Waals surface area (Å²) < 4.78 is 5.32. The number of benzene rings is 1. The number of hydrogen-bond acceptors (Lipinski definition) is 1. The SMILES string of the molecule is CCC(C)(C)C(Cl)c1cc(Cl)ccc1OC. The van der Waals surface area contributed by atoms with Gasteiger partial charge in [-0.2, -0.15) is 0 Å². The van der Waals surface area contributed by atoms with Gasteiger partial charge in [-0.1, -0.05) is 32.4 Å². The summed E-state index contributed by atoms with van der Waals surface area (Å²) in [5, 5.41) is 0.583. The Morgan fingerprint density at radius 1 is 1.38 bits per heavy atom. The maximum atomic E-state index is 6.52. The van der Waals surface area contributed by atoms with Crippen molar-refractivity contribution in [2.75, 3.05) is 7.11 Å². The highest BCUT2D eigenvalue weighted by Gasteiger charge is 2.29. The van der Waals surface area contributed by atoms with Gasteiger partial charge in [-0.3, -0.25) is 0 Å². The Bertz CT molecular complexity index is 361. The van der Waals surface area contributed by atoms with Crippen molar-refractivity contribution in [2.24, 2.45) is 5.41 Å². The van der Waals surface area contributed by atoms with E-state index in [4.69, 9.17) is 27.9 Å². The van der Waals surface area contributed by atoms with Gasteiger partial charge in [0.1, 0.15) is 5.75 Å². The highest BCUT2D eigenvalue weighted by molar-refractivity contribution is 6.31. The highest BCUT2D eigenvalue weighted by Crippen LogP contribution is 2.45. The number of ether oxygens (including phenoxy) is 1. The lowest BCUT2D eigenvalue weighted by atomic mass is 9.82. The van der Waals surface area contributed by atoms with Gasteiger partial charge in [-0.25, -0.2) is 0 Å². The summed E-state index contributed by atoms with van der Waals surface area (Å²) in [6.45, 7) is 6.42. The van der Waals surface area contributed by atoms with E-state index in [1.165, 1.54) is 0 Å². The first-order valence-electron chi connectivity index (χ1n) is 5.40. The van der Waals surface area contributed by atoms with Crippen molar-refractivity contribution in [3.63, 3.8) is 0 Å². The Kier molecular flexibility index (Phi) is 4.52. The fraction of sp³-hybridized carbons (Fsp3) is 0.538. The lowest BCUT2D eigenvalue weighted by Crippen LogP contribution is -2.17. The maximum Gasteiger partial charge on any atom is 0.123 e. The van der Waals surface area contributed by atoms with Crippen LogP contribution in [0.15, 0.2) is 18.2 Å². The van der Waals surface area contributed by atoms with Gasteiger partial charge < -0.3 is 4.74 Å². The normalized spacial score (nSPS) is 13.6. The Labute approximate surface area is 108 Å². The van der Waals surface area contributed by atoms with Crippen LogP contribution in [-0.4, -0.2) is 7.11 Å². The van der Waals surface area contributed by atoms with Crippen LogP contribution in [0.5, 0.6) is 5.75 Å². The Balaban J connectivity index is 3.16. The summed E-state index contributed by atoms with van der Waals surface area (Å²) in [5.74, 6) is 0.797. The van der Waals surface area contributed by atoms with Crippen molar-refractivity contribution in [3.05, 3.63) is 28.8 Å². The molecule has 16 heavy (non-hydrogen) atoms. The molecule has 0 saturated carbocycles. The van der Waals surface area contributed by atoms with Crippen LogP contribution >= 0.6 is 23.2 Å². The molecule has 0 aliphatic rings. The summed E-state index contributed by atoms with van der Waals surface area (Å²) in [4.78, 5) is 0. The van der Waals surface area contributed by atoms with Crippen molar-refractivity contribution in [1.82, 2.24) is 0 Å². The van der Waals surface area contributed by atoms with Gasteiger partial charge in [-0.15, -0.1) is 11.6 Å². The monoisotopic (exact) mass is 260 g/mol. The van der Waals surface area contributed by atoms with Gasteiger partial charge in [0.05, 0.1) is 12.5 Å². The summed E-state index contributed by atoms with van der Waals surface area (Å²) in [5.41, 5.74) is 0.975. The second-order valence-corrected chi connectivity index (χ2v) is 5.46. The molecule has 0 aliphatic heterocycles. The molecule has 0 aliphatic carbocycles. The number of halogens is 2. The average molecular weight is 261 g/mol. The molecular weight excluding hydrogens is 243 g/mol. The number of hydrogen-bond donors (Lipinski definition) is 0. The van der Waals surface area contributed by atoms with E-state index >= 15 is 0 Å². The van der Waals surface area contributed by atoms with Gasteiger partial charge in [0.25, 0.3) is 0 Å². The molecule has 0 aromatic heterocycles. The van der Waals surface area contributed by atoms with E-state index in [0.29, 0.717) is 5.02 Å². The van der Waals surface area contributed by atoms with E-state index < -0.39 is 0 Å². The lowest BCUT2D eigenvalue weighted by Gasteiger charge is -2.30. The van der Waals surface area contributed by atoms with Crippen LogP contribution in [0.3, 0.4) is 0 Å². The summed E-state index contributed by atoms with van der Waals surface area (Å²) in [6.07, 6.45) is 0.997. The third kappa shape index (κ3) is 2.83. The van der Waals surface area contributed by atoms with E-state index in [2.05, 4.69) is 20.8 Å². The second kappa shape index (κ2) is 5.29. The van der Waals surface area contributed by atoms with Crippen molar-refractivity contribution < 1.29 is 4.74 Å². The zero-order valence-corrected chi connectivity index (χ0v) is 11.7. The molecule has 0 fully saturated rings. The van der Waals surface area contributed by atoms with Gasteiger partial charge >= 0.3 is 0 Å². The standard InChI is InChI=1S/C13H18Cl2O/c1-5-13(2,3)12(15)10-8-9(14)6-7-11(10)16-4/h6-8,12H,5H2,1-4H3. The minimum atomic E-state index is -0.105. The Morgan fingerprint density at radius 2 is 2.00 bits per heavy atom. The molecule has 1 rings (SSSR count). The topological polar surface area (TPSA) is 9.23 Å². The first-order valence-corrected chi connectivity index (χ1v) is 6.21. The molecule has 90 valence electrons. The van der Waals surface area contributed by atoms with Crippen molar-refractivity contribution >= 4 is 23.2 Å².